The van der Waals surface area contributed by atoms with Crippen LogP contribution in [0.4, 0.5) is 0 Å². The van der Waals surface area contributed by atoms with Crippen molar-refractivity contribution in [2.75, 3.05) is 33.4 Å². The first-order valence-electron chi connectivity index (χ1n) is 8.54. The zero-order valence-corrected chi connectivity index (χ0v) is 14.1. The van der Waals surface area contributed by atoms with Gasteiger partial charge in [0.1, 0.15) is 5.69 Å². The van der Waals surface area contributed by atoms with Crippen LogP contribution in [0.5, 0.6) is 0 Å². The molecule has 2 fully saturated rings. The number of rotatable bonds is 4. The zero-order valence-electron chi connectivity index (χ0n) is 14.1. The predicted octanol–water partition coefficient (Wildman–Crippen LogP) is 0.966. The van der Waals surface area contributed by atoms with Gasteiger partial charge in [-0.05, 0) is 25.2 Å². The number of hydrogen-bond acceptors (Lipinski definition) is 5. The Morgan fingerprint density at radius 1 is 1.38 bits per heavy atom. The Morgan fingerprint density at radius 3 is 3.00 bits per heavy atom. The lowest BCUT2D eigenvalue weighted by atomic mass is 9.88. The molecule has 7 nitrogen and oxygen atoms in total. The number of piperidine rings is 1. The van der Waals surface area contributed by atoms with Crippen LogP contribution in [0.25, 0.3) is 0 Å². The van der Waals surface area contributed by atoms with Crippen molar-refractivity contribution in [3.8, 4) is 0 Å². The van der Waals surface area contributed by atoms with Crippen molar-refractivity contribution in [2.45, 2.75) is 31.7 Å². The van der Waals surface area contributed by atoms with Crippen molar-refractivity contribution in [2.24, 2.45) is 5.92 Å². The van der Waals surface area contributed by atoms with Gasteiger partial charge in [-0.3, -0.25) is 14.6 Å². The average molecular weight is 332 g/mol. The summed E-state index contributed by atoms with van der Waals surface area (Å²) in [5.41, 5.74) is 0.386. The summed E-state index contributed by atoms with van der Waals surface area (Å²) in [5.74, 6) is 0.469. The van der Waals surface area contributed by atoms with Gasteiger partial charge in [0, 0.05) is 51.6 Å². The van der Waals surface area contributed by atoms with E-state index >= 15 is 0 Å². The molecule has 7 heteroatoms. The van der Waals surface area contributed by atoms with E-state index in [1.807, 2.05) is 9.80 Å². The Kier molecular flexibility index (Phi) is 5.40. The van der Waals surface area contributed by atoms with Crippen LogP contribution in [0.1, 0.15) is 36.2 Å². The number of likely N-dealkylation sites (tertiary alicyclic amines) is 2. The van der Waals surface area contributed by atoms with Crippen LogP contribution in [0.15, 0.2) is 18.6 Å². The third-order valence-corrected chi connectivity index (χ3v) is 4.99. The molecule has 2 atom stereocenters. The highest BCUT2D eigenvalue weighted by molar-refractivity contribution is 5.92. The molecule has 0 aliphatic carbocycles. The topological polar surface area (TPSA) is 75.6 Å². The second-order valence-electron chi connectivity index (χ2n) is 6.43. The number of nitrogens with zero attached hydrogens (tertiary/aromatic N) is 4. The number of ether oxygens (including phenoxy) is 1. The van der Waals surface area contributed by atoms with Gasteiger partial charge in [-0.2, -0.15) is 0 Å². The first-order valence-corrected chi connectivity index (χ1v) is 8.54. The third kappa shape index (κ3) is 3.56. The van der Waals surface area contributed by atoms with Crippen molar-refractivity contribution in [3.63, 3.8) is 0 Å². The Morgan fingerprint density at radius 2 is 2.25 bits per heavy atom. The number of carbonyl (C=O) groups excluding carboxylic acids is 2. The minimum atomic E-state index is -0.0689. The van der Waals surface area contributed by atoms with E-state index in [2.05, 4.69) is 9.97 Å². The number of carbonyl (C=O) groups is 2. The normalized spacial score (nSPS) is 24.5. The van der Waals surface area contributed by atoms with Gasteiger partial charge in [-0.15, -0.1) is 0 Å². The number of hydrogen-bond donors (Lipinski definition) is 0. The fourth-order valence-corrected chi connectivity index (χ4v) is 3.79. The molecule has 130 valence electrons. The average Bonchev–Trinajstić information content (AvgIpc) is 2.78. The monoisotopic (exact) mass is 332 g/mol. The third-order valence-electron chi connectivity index (χ3n) is 4.99. The summed E-state index contributed by atoms with van der Waals surface area (Å²) < 4.78 is 5.16. The number of aromatic nitrogens is 2. The van der Waals surface area contributed by atoms with Gasteiger partial charge < -0.3 is 14.5 Å². The van der Waals surface area contributed by atoms with Crippen LogP contribution < -0.4 is 0 Å². The summed E-state index contributed by atoms with van der Waals surface area (Å²) in [6.07, 6.45) is 7.88. The van der Waals surface area contributed by atoms with E-state index in [9.17, 15) is 9.59 Å². The standard InChI is InChI=1S/C17H24N4O3/c1-24-10-9-21-15-5-8-20(12-13(15)3-2-4-16(21)22)17(23)14-11-18-6-7-19-14/h6-7,11,13,15H,2-5,8-10,12H2,1H3/t13-,15+/m0/s1. The maximum atomic E-state index is 12.6. The van der Waals surface area contributed by atoms with Crippen LogP contribution in [-0.2, 0) is 9.53 Å². The number of amides is 2. The SMILES string of the molecule is COCCN1C(=O)CCC[C@H]2CN(C(=O)c3cnccn3)CC[C@H]21. The number of fused-ring (bicyclic) bond motifs is 1. The van der Waals surface area contributed by atoms with Crippen molar-refractivity contribution >= 4 is 11.8 Å². The molecule has 2 amide bonds. The van der Waals surface area contributed by atoms with Crippen LogP contribution >= 0.6 is 0 Å². The molecule has 0 saturated carbocycles. The smallest absolute Gasteiger partial charge is 0.274 e. The quantitative estimate of drug-likeness (QED) is 0.821. The Labute approximate surface area is 142 Å². The molecule has 0 bridgehead atoms. The van der Waals surface area contributed by atoms with Gasteiger partial charge in [-0.25, -0.2) is 4.98 Å². The molecule has 2 aliphatic heterocycles. The van der Waals surface area contributed by atoms with E-state index in [4.69, 9.17) is 4.74 Å². The van der Waals surface area contributed by atoms with Gasteiger partial charge in [0.25, 0.3) is 5.91 Å². The molecule has 0 radical (unpaired) electrons. The maximum absolute atomic E-state index is 12.6. The predicted molar refractivity (Wildman–Crippen MR) is 87.3 cm³/mol. The minimum Gasteiger partial charge on any atom is -0.383 e. The van der Waals surface area contributed by atoms with Crippen molar-refractivity contribution in [3.05, 3.63) is 24.3 Å². The van der Waals surface area contributed by atoms with Gasteiger partial charge in [0.15, 0.2) is 0 Å². The molecule has 0 aromatic carbocycles. The Balaban J connectivity index is 1.70. The summed E-state index contributed by atoms with van der Waals surface area (Å²) in [4.78, 5) is 36.9. The molecule has 0 N–H and O–H groups in total. The largest absolute Gasteiger partial charge is 0.383 e. The van der Waals surface area contributed by atoms with Crippen molar-refractivity contribution in [1.82, 2.24) is 19.8 Å². The summed E-state index contributed by atoms with van der Waals surface area (Å²) in [6, 6.07) is 0.209. The van der Waals surface area contributed by atoms with E-state index in [0.717, 1.165) is 19.3 Å². The van der Waals surface area contributed by atoms with Gasteiger partial charge in [0.05, 0.1) is 12.8 Å². The summed E-state index contributed by atoms with van der Waals surface area (Å²) in [5, 5.41) is 0. The highest BCUT2D eigenvalue weighted by atomic mass is 16.5. The second kappa shape index (κ2) is 7.70. The lowest BCUT2D eigenvalue weighted by Gasteiger charge is -2.42. The summed E-state index contributed by atoms with van der Waals surface area (Å²) in [6.45, 7) is 2.51. The molecule has 0 spiro atoms. The molecule has 3 heterocycles. The number of methoxy groups -OCH3 is 1. The van der Waals surface area contributed by atoms with Crippen LogP contribution in [-0.4, -0.2) is 71.0 Å². The van der Waals surface area contributed by atoms with Crippen LogP contribution in [0, 0.1) is 5.92 Å². The lowest BCUT2D eigenvalue weighted by molar-refractivity contribution is -0.135. The van der Waals surface area contributed by atoms with Gasteiger partial charge in [-0.1, -0.05) is 0 Å². The molecule has 1 aromatic rings. The van der Waals surface area contributed by atoms with Gasteiger partial charge >= 0.3 is 0 Å². The van der Waals surface area contributed by atoms with E-state index in [-0.39, 0.29) is 17.9 Å². The van der Waals surface area contributed by atoms with E-state index in [0.29, 0.717) is 44.3 Å². The Bertz CT molecular complexity index is 580. The summed E-state index contributed by atoms with van der Waals surface area (Å²) >= 11 is 0. The fraction of sp³-hybridized carbons (Fsp3) is 0.647. The zero-order chi connectivity index (χ0) is 16.9. The molecular formula is C17H24N4O3. The summed E-state index contributed by atoms with van der Waals surface area (Å²) in [7, 11) is 1.65. The minimum absolute atomic E-state index is 0.0689. The molecule has 2 aliphatic rings. The van der Waals surface area contributed by atoms with E-state index in [1.54, 1.807) is 13.3 Å². The van der Waals surface area contributed by atoms with Crippen molar-refractivity contribution in [1.29, 1.82) is 0 Å². The van der Waals surface area contributed by atoms with E-state index in [1.165, 1.54) is 12.4 Å². The molecule has 24 heavy (non-hydrogen) atoms. The van der Waals surface area contributed by atoms with Gasteiger partial charge in [0.2, 0.25) is 5.91 Å². The lowest BCUT2D eigenvalue weighted by Crippen LogP contribution is -2.53. The fourth-order valence-electron chi connectivity index (χ4n) is 3.79. The second-order valence-corrected chi connectivity index (χ2v) is 6.43. The molecule has 1 aromatic heterocycles. The Hall–Kier alpha value is -2.02. The molecular weight excluding hydrogens is 308 g/mol. The molecule has 0 unspecified atom stereocenters. The first kappa shape index (κ1) is 16.8. The first-order chi connectivity index (χ1) is 11.7. The maximum Gasteiger partial charge on any atom is 0.274 e. The highest BCUT2D eigenvalue weighted by Gasteiger charge is 2.38. The van der Waals surface area contributed by atoms with Crippen molar-refractivity contribution < 1.29 is 14.3 Å². The molecule has 3 rings (SSSR count). The van der Waals surface area contributed by atoms with Crippen LogP contribution in [0.2, 0.25) is 0 Å². The van der Waals surface area contributed by atoms with E-state index < -0.39 is 0 Å². The highest BCUT2D eigenvalue weighted by Crippen LogP contribution is 2.30. The molecule has 2 saturated heterocycles. The van der Waals surface area contributed by atoms with Crippen LogP contribution in [0.3, 0.4) is 0 Å².